The van der Waals surface area contributed by atoms with E-state index in [1.54, 1.807) is 0 Å². The quantitative estimate of drug-likeness (QED) is 0.752. The van der Waals surface area contributed by atoms with Crippen LogP contribution in [0.2, 0.25) is 5.02 Å². The molecule has 1 amide bonds. The molecule has 4 rings (SSSR count). The summed E-state index contributed by atoms with van der Waals surface area (Å²) < 4.78 is 0. The number of halogens is 1. The van der Waals surface area contributed by atoms with Crippen LogP contribution in [0.5, 0.6) is 0 Å². The van der Waals surface area contributed by atoms with Crippen LogP contribution in [0.1, 0.15) is 29.8 Å². The molecule has 2 N–H and O–H groups in total. The monoisotopic (exact) mass is 356 g/mol. The number of rotatable bonds is 3. The second-order valence-corrected chi connectivity index (χ2v) is 6.38. The zero-order valence-electron chi connectivity index (χ0n) is 13.5. The van der Waals surface area contributed by atoms with Crippen LogP contribution in [0.25, 0.3) is 11.0 Å². The smallest absolute Gasteiger partial charge is 0.278 e. The molecule has 1 aliphatic heterocycles. The fraction of sp³-hybridized carbons (Fsp3) is 0.294. The van der Waals surface area contributed by atoms with E-state index < -0.39 is 5.91 Å². The van der Waals surface area contributed by atoms with E-state index in [-0.39, 0.29) is 10.7 Å². The highest BCUT2D eigenvalue weighted by Crippen LogP contribution is 2.21. The largest absolute Gasteiger partial charge is 0.341 e. The number of benzene rings is 1. The van der Waals surface area contributed by atoms with Crippen LogP contribution in [-0.2, 0) is 0 Å². The fourth-order valence-corrected chi connectivity index (χ4v) is 3.12. The van der Waals surface area contributed by atoms with Crippen molar-refractivity contribution in [3.63, 3.8) is 0 Å². The van der Waals surface area contributed by atoms with Crippen molar-refractivity contribution in [3.05, 3.63) is 41.2 Å². The van der Waals surface area contributed by atoms with Gasteiger partial charge in [0.2, 0.25) is 11.9 Å². The van der Waals surface area contributed by atoms with Crippen molar-refractivity contribution in [1.82, 2.24) is 19.9 Å². The Hall–Kier alpha value is -2.67. The number of anilines is 2. The van der Waals surface area contributed by atoms with Gasteiger partial charge in [0.05, 0.1) is 22.3 Å². The minimum atomic E-state index is -0.412. The van der Waals surface area contributed by atoms with Gasteiger partial charge in [-0.3, -0.25) is 10.1 Å². The number of nitrogens with zero attached hydrogens (tertiary/aromatic N) is 4. The zero-order valence-corrected chi connectivity index (χ0v) is 14.3. The summed E-state index contributed by atoms with van der Waals surface area (Å²) in [6, 6.07) is 7.55. The Labute approximate surface area is 149 Å². The molecule has 8 heteroatoms. The van der Waals surface area contributed by atoms with E-state index in [4.69, 9.17) is 11.6 Å². The van der Waals surface area contributed by atoms with E-state index in [0.29, 0.717) is 11.9 Å². The third kappa shape index (κ3) is 3.28. The molecule has 3 heterocycles. The SMILES string of the molecule is O=C(Nc1nc2ccccc2[nH]1)c1nc(N2CCCCC2)ncc1Cl. The second kappa shape index (κ2) is 6.68. The van der Waals surface area contributed by atoms with Gasteiger partial charge in [0.1, 0.15) is 0 Å². The van der Waals surface area contributed by atoms with Gasteiger partial charge in [0, 0.05) is 13.1 Å². The number of hydrogen-bond donors (Lipinski definition) is 2. The number of para-hydroxylation sites is 2. The molecule has 0 spiro atoms. The lowest BCUT2D eigenvalue weighted by Crippen LogP contribution is -2.31. The number of imidazole rings is 1. The highest BCUT2D eigenvalue weighted by Gasteiger charge is 2.19. The summed E-state index contributed by atoms with van der Waals surface area (Å²) in [5, 5.41) is 2.94. The summed E-state index contributed by atoms with van der Waals surface area (Å²) in [6.45, 7) is 1.79. The maximum Gasteiger partial charge on any atom is 0.278 e. The minimum absolute atomic E-state index is 0.151. The first kappa shape index (κ1) is 15.8. The van der Waals surface area contributed by atoms with Gasteiger partial charge in [0.25, 0.3) is 5.91 Å². The van der Waals surface area contributed by atoms with Crippen molar-refractivity contribution in [1.29, 1.82) is 0 Å². The summed E-state index contributed by atoms with van der Waals surface area (Å²) in [5.74, 6) is 0.490. The Bertz CT molecular complexity index is 885. The molecule has 25 heavy (non-hydrogen) atoms. The topological polar surface area (TPSA) is 86.8 Å². The van der Waals surface area contributed by atoms with Crippen LogP contribution < -0.4 is 10.2 Å². The molecule has 128 valence electrons. The lowest BCUT2D eigenvalue weighted by atomic mass is 10.1. The van der Waals surface area contributed by atoms with Crippen LogP contribution in [0.15, 0.2) is 30.5 Å². The molecule has 1 saturated heterocycles. The van der Waals surface area contributed by atoms with Gasteiger partial charge in [-0.15, -0.1) is 0 Å². The van der Waals surface area contributed by atoms with Gasteiger partial charge in [-0.1, -0.05) is 23.7 Å². The Morgan fingerprint density at radius 2 is 1.96 bits per heavy atom. The van der Waals surface area contributed by atoms with Crippen molar-refractivity contribution in [2.24, 2.45) is 0 Å². The maximum atomic E-state index is 12.6. The Balaban J connectivity index is 1.58. The molecule has 1 aliphatic rings. The predicted molar refractivity (Wildman–Crippen MR) is 97.2 cm³/mol. The second-order valence-electron chi connectivity index (χ2n) is 5.97. The highest BCUT2D eigenvalue weighted by molar-refractivity contribution is 6.34. The van der Waals surface area contributed by atoms with Gasteiger partial charge in [-0.25, -0.2) is 15.0 Å². The third-order valence-corrected chi connectivity index (χ3v) is 4.48. The number of fused-ring (bicyclic) bond motifs is 1. The zero-order chi connectivity index (χ0) is 17.2. The standard InChI is InChI=1S/C17H17ClN6O/c18-11-10-19-17(24-8-4-1-5-9-24)22-14(11)15(25)23-16-20-12-6-2-3-7-13(12)21-16/h2-3,6-7,10H,1,4-5,8-9H2,(H2,20,21,23,25). The van der Waals surface area contributed by atoms with Crippen molar-refractivity contribution in [3.8, 4) is 0 Å². The third-order valence-electron chi connectivity index (χ3n) is 4.21. The van der Waals surface area contributed by atoms with E-state index in [2.05, 4.69) is 30.2 Å². The average Bonchev–Trinajstić information content (AvgIpc) is 3.05. The van der Waals surface area contributed by atoms with E-state index in [9.17, 15) is 4.79 Å². The molecule has 1 fully saturated rings. The number of carbonyl (C=O) groups excluding carboxylic acids is 1. The summed E-state index contributed by atoms with van der Waals surface area (Å²) in [5.41, 5.74) is 1.78. The first-order valence-corrected chi connectivity index (χ1v) is 8.62. The van der Waals surface area contributed by atoms with Crippen LogP contribution in [-0.4, -0.2) is 38.9 Å². The molecule has 0 saturated carbocycles. The van der Waals surface area contributed by atoms with E-state index >= 15 is 0 Å². The fourth-order valence-electron chi connectivity index (χ4n) is 2.94. The Morgan fingerprint density at radius 1 is 1.16 bits per heavy atom. The van der Waals surface area contributed by atoms with Gasteiger partial charge < -0.3 is 9.88 Å². The Kier molecular flexibility index (Phi) is 4.23. The normalized spacial score (nSPS) is 14.7. The lowest BCUT2D eigenvalue weighted by molar-refractivity contribution is 0.102. The molecule has 1 aromatic carbocycles. The number of nitrogens with one attached hydrogen (secondary N) is 2. The highest BCUT2D eigenvalue weighted by atomic mass is 35.5. The van der Waals surface area contributed by atoms with Crippen LogP contribution in [0, 0.1) is 0 Å². The number of H-pyrrole nitrogens is 1. The number of piperidine rings is 1. The van der Waals surface area contributed by atoms with Crippen molar-refractivity contribution in [2.75, 3.05) is 23.3 Å². The predicted octanol–water partition coefficient (Wildman–Crippen LogP) is 3.25. The maximum absolute atomic E-state index is 12.6. The Morgan fingerprint density at radius 3 is 2.76 bits per heavy atom. The van der Waals surface area contributed by atoms with Gasteiger partial charge in [-0.05, 0) is 31.4 Å². The van der Waals surface area contributed by atoms with E-state index in [1.165, 1.54) is 12.6 Å². The van der Waals surface area contributed by atoms with Crippen LogP contribution in [0.4, 0.5) is 11.9 Å². The number of aromatic nitrogens is 4. The summed E-state index contributed by atoms with van der Waals surface area (Å²) in [7, 11) is 0. The number of aromatic amines is 1. The first-order chi connectivity index (χ1) is 12.2. The minimum Gasteiger partial charge on any atom is -0.341 e. The number of carbonyl (C=O) groups is 1. The molecule has 2 aromatic heterocycles. The van der Waals surface area contributed by atoms with Crippen molar-refractivity contribution >= 4 is 40.4 Å². The molecule has 3 aromatic rings. The van der Waals surface area contributed by atoms with Gasteiger partial charge >= 0.3 is 0 Å². The molecular formula is C17H17ClN6O. The molecule has 7 nitrogen and oxygen atoms in total. The lowest BCUT2D eigenvalue weighted by Gasteiger charge is -2.26. The van der Waals surface area contributed by atoms with Gasteiger partial charge in [-0.2, -0.15) is 0 Å². The van der Waals surface area contributed by atoms with Crippen molar-refractivity contribution < 1.29 is 4.79 Å². The van der Waals surface area contributed by atoms with Crippen molar-refractivity contribution in [2.45, 2.75) is 19.3 Å². The van der Waals surface area contributed by atoms with Crippen LogP contribution in [0.3, 0.4) is 0 Å². The summed E-state index contributed by atoms with van der Waals surface area (Å²) in [4.78, 5) is 30.7. The molecule has 0 radical (unpaired) electrons. The summed E-state index contributed by atoms with van der Waals surface area (Å²) >= 11 is 6.14. The number of hydrogen-bond acceptors (Lipinski definition) is 5. The summed E-state index contributed by atoms with van der Waals surface area (Å²) in [6.07, 6.45) is 4.90. The molecule has 0 bridgehead atoms. The van der Waals surface area contributed by atoms with E-state index in [0.717, 1.165) is 37.0 Å². The van der Waals surface area contributed by atoms with E-state index in [1.807, 2.05) is 24.3 Å². The average molecular weight is 357 g/mol. The number of amides is 1. The van der Waals surface area contributed by atoms with Crippen LogP contribution >= 0.6 is 11.6 Å². The molecule has 0 atom stereocenters. The molecular weight excluding hydrogens is 340 g/mol. The molecule has 0 unspecified atom stereocenters. The molecule has 0 aliphatic carbocycles. The first-order valence-electron chi connectivity index (χ1n) is 8.24. The van der Waals surface area contributed by atoms with Gasteiger partial charge in [0.15, 0.2) is 5.69 Å².